The Balaban J connectivity index is 2.76. The Morgan fingerprint density at radius 3 is 2.92 bits per heavy atom. The first-order valence-electron chi connectivity index (χ1n) is 3.52. The van der Waals surface area contributed by atoms with Crippen LogP contribution in [-0.4, -0.2) is 20.1 Å². The van der Waals surface area contributed by atoms with Gasteiger partial charge in [-0.15, -0.1) is 0 Å². The summed E-state index contributed by atoms with van der Waals surface area (Å²) in [5.41, 5.74) is 1.01. The first kappa shape index (κ1) is 8.74. The molecular weight excluding hydrogens is 213 g/mol. The number of nitrogens with one attached hydrogen (secondary N) is 1. The van der Waals surface area contributed by atoms with Crippen LogP contribution in [0.2, 0.25) is 10.0 Å². The van der Waals surface area contributed by atoms with Crippen molar-refractivity contribution in [2.24, 2.45) is 0 Å². The smallest absolute Gasteiger partial charge is 0.179 e. The number of pyridine rings is 1. The average molecular weight is 218 g/mol. The Labute approximate surface area is 83.5 Å². The number of aromatic nitrogens is 3. The number of aromatic amines is 1. The number of fused-ring (bicyclic) bond motifs is 1. The SMILES string of the molecule is OCc1nc2ncc(Cl)c(Cl)c2[nH]1. The van der Waals surface area contributed by atoms with Gasteiger partial charge in [0.2, 0.25) is 0 Å². The maximum Gasteiger partial charge on any atom is 0.179 e. The Kier molecular flexibility index (Phi) is 2.11. The summed E-state index contributed by atoms with van der Waals surface area (Å²) in [5.74, 6) is 0.423. The predicted octanol–water partition coefficient (Wildman–Crippen LogP) is 1.76. The standard InChI is InChI=1S/C7H5Cl2N3O/c8-3-1-10-7-6(5(3)9)11-4(2-13)12-7/h1,13H,2H2,(H,10,11,12). The zero-order chi connectivity index (χ0) is 9.42. The Morgan fingerprint density at radius 2 is 2.23 bits per heavy atom. The Bertz CT molecular complexity index is 454. The number of nitrogens with zero attached hydrogens (tertiary/aromatic N) is 2. The van der Waals surface area contributed by atoms with Crippen LogP contribution < -0.4 is 0 Å². The molecule has 0 radical (unpaired) electrons. The van der Waals surface area contributed by atoms with Crippen LogP contribution in [0.25, 0.3) is 11.2 Å². The van der Waals surface area contributed by atoms with Crippen LogP contribution in [0.4, 0.5) is 0 Å². The van der Waals surface area contributed by atoms with Gasteiger partial charge >= 0.3 is 0 Å². The molecule has 0 spiro atoms. The van der Waals surface area contributed by atoms with Gasteiger partial charge in [-0.2, -0.15) is 0 Å². The van der Waals surface area contributed by atoms with Crippen molar-refractivity contribution >= 4 is 34.4 Å². The third kappa shape index (κ3) is 1.37. The normalized spacial score (nSPS) is 11.0. The maximum absolute atomic E-state index is 8.80. The molecule has 0 saturated carbocycles. The third-order valence-corrected chi connectivity index (χ3v) is 2.39. The van der Waals surface area contributed by atoms with E-state index < -0.39 is 0 Å². The van der Waals surface area contributed by atoms with E-state index in [0.29, 0.717) is 27.0 Å². The second kappa shape index (κ2) is 3.14. The minimum absolute atomic E-state index is 0.176. The van der Waals surface area contributed by atoms with Crippen molar-refractivity contribution in [3.63, 3.8) is 0 Å². The predicted molar refractivity (Wildman–Crippen MR) is 49.8 cm³/mol. The molecule has 0 aliphatic rings. The lowest BCUT2D eigenvalue weighted by Gasteiger charge is -1.93. The number of aliphatic hydroxyl groups is 1. The molecule has 0 aliphatic heterocycles. The van der Waals surface area contributed by atoms with Crippen molar-refractivity contribution in [1.82, 2.24) is 15.0 Å². The number of hydrogen-bond donors (Lipinski definition) is 2. The molecule has 2 aromatic heterocycles. The minimum atomic E-state index is -0.176. The van der Waals surface area contributed by atoms with Gasteiger partial charge in [0.05, 0.1) is 10.0 Å². The second-order valence-corrected chi connectivity index (χ2v) is 3.25. The van der Waals surface area contributed by atoms with E-state index in [2.05, 4.69) is 15.0 Å². The molecule has 0 unspecified atom stereocenters. The minimum Gasteiger partial charge on any atom is -0.388 e. The lowest BCUT2D eigenvalue weighted by Crippen LogP contribution is -1.83. The van der Waals surface area contributed by atoms with Gasteiger partial charge in [0, 0.05) is 6.20 Å². The largest absolute Gasteiger partial charge is 0.388 e. The summed E-state index contributed by atoms with van der Waals surface area (Å²) in [4.78, 5) is 10.7. The average Bonchev–Trinajstić information content (AvgIpc) is 2.55. The quantitative estimate of drug-likeness (QED) is 0.766. The summed E-state index contributed by atoms with van der Waals surface area (Å²) < 4.78 is 0. The van der Waals surface area contributed by atoms with Gasteiger partial charge in [0.1, 0.15) is 17.9 Å². The molecule has 2 rings (SSSR count). The van der Waals surface area contributed by atoms with Crippen LogP contribution in [0.15, 0.2) is 6.20 Å². The van der Waals surface area contributed by atoms with Crippen LogP contribution in [0.3, 0.4) is 0 Å². The van der Waals surface area contributed by atoms with E-state index >= 15 is 0 Å². The van der Waals surface area contributed by atoms with Gasteiger partial charge in [-0.1, -0.05) is 23.2 Å². The molecule has 13 heavy (non-hydrogen) atoms. The molecule has 0 amide bonds. The van der Waals surface area contributed by atoms with Gasteiger partial charge in [0.15, 0.2) is 5.65 Å². The fraction of sp³-hybridized carbons (Fsp3) is 0.143. The van der Waals surface area contributed by atoms with Crippen LogP contribution in [0.1, 0.15) is 5.82 Å². The summed E-state index contributed by atoms with van der Waals surface area (Å²) in [6.07, 6.45) is 1.42. The second-order valence-electron chi connectivity index (χ2n) is 2.46. The highest BCUT2D eigenvalue weighted by molar-refractivity contribution is 6.44. The number of halogens is 2. The van der Waals surface area contributed by atoms with Crippen molar-refractivity contribution in [3.05, 3.63) is 22.1 Å². The highest BCUT2D eigenvalue weighted by Crippen LogP contribution is 2.27. The van der Waals surface area contributed by atoms with Crippen LogP contribution in [-0.2, 0) is 6.61 Å². The molecule has 2 aromatic rings. The number of H-pyrrole nitrogens is 1. The van der Waals surface area contributed by atoms with E-state index in [4.69, 9.17) is 28.3 Å². The number of aliphatic hydroxyl groups excluding tert-OH is 1. The molecule has 2 heterocycles. The summed E-state index contributed by atoms with van der Waals surface area (Å²) in [7, 11) is 0. The summed E-state index contributed by atoms with van der Waals surface area (Å²) >= 11 is 11.6. The summed E-state index contributed by atoms with van der Waals surface area (Å²) in [6.45, 7) is -0.176. The Morgan fingerprint density at radius 1 is 1.46 bits per heavy atom. The van der Waals surface area contributed by atoms with Crippen molar-refractivity contribution in [2.45, 2.75) is 6.61 Å². The molecule has 68 valence electrons. The molecule has 0 aromatic carbocycles. The first-order valence-corrected chi connectivity index (χ1v) is 4.27. The lowest BCUT2D eigenvalue weighted by atomic mass is 10.4. The Hall–Kier alpha value is -0.840. The lowest BCUT2D eigenvalue weighted by molar-refractivity contribution is 0.273. The van der Waals surface area contributed by atoms with E-state index in [1.807, 2.05) is 0 Å². The molecule has 6 heteroatoms. The molecule has 4 nitrogen and oxygen atoms in total. The van der Waals surface area contributed by atoms with Gasteiger partial charge in [-0.05, 0) is 0 Å². The molecule has 2 N–H and O–H groups in total. The zero-order valence-electron chi connectivity index (χ0n) is 6.38. The zero-order valence-corrected chi connectivity index (χ0v) is 7.89. The molecule has 0 fully saturated rings. The molecule has 0 aliphatic carbocycles. The molecule has 0 atom stereocenters. The van der Waals surface area contributed by atoms with E-state index in [0.717, 1.165) is 0 Å². The van der Waals surface area contributed by atoms with Gasteiger partial charge in [0.25, 0.3) is 0 Å². The highest BCUT2D eigenvalue weighted by Gasteiger charge is 2.09. The third-order valence-electron chi connectivity index (χ3n) is 1.61. The van der Waals surface area contributed by atoms with Crippen molar-refractivity contribution in [3.8, 4) is 0 Å². The van der Waals surface area contributed by atoms with Gasteiger partial charge in [-0.3, -0.25) is 0 Å². The van der Waals surface area contributed by atoms with E-state index in [1.165, 1.54) is 6.20 Å². The first-order chi connectivity index (χ1) is 6.22. The molecule has 0 bridgehead atoms. The number of hydrogen-bond acceptors (Lipinski definition) is 3. The summed E-state index contributed by atoms with van der Waals surface area (Å²) in [5, 5.41) is 9.54. The summed E-state index contributed by atoms with van der Waals surface area (Å²) in [6, 6.07) is 0. The van der Waals surface area contributed by atoms with Crippen molar-refractivity contribution < 1.29 is 5.11 Å². The number of imidazole rings is 1. The monoisotopic (exact) mass is 217 g/mol. The van der Waals surface area contributed by atoms with Crippen LogP contribution >= 0.6 is 23.2 Å². The fourth-order valence-electron chi connectivity index (χ4n) is 1.03. The highest BCUT2D eigenvalue weighted by atomic mass is 35.5. The van der Waals surface area contributed by atoms with Gasteiger partial charge in [-0.25, -0.2) is 9.97 Å². The topological polar surface area (TPSA) is 61.8 Å². The van der Waals surface area contributed by atoms with E-state index in [1.54, 1.807) is 0 Å². The molecular formula is C7H5Cl2N3O. The van der Waals surface area contributed by atoms with Crippen molar-refractivity contribution in [2.75, 3.05) is 0 Å². The number of rotatable bonds is 1. The maximum atomic E-state index is 8.80. The van der Waals surface area contributed by atoms with E-state index in [9.17, 15) is 0 Å². The van der Waals surface area contributed by atoms with Crippen LogP contribution in [0.5, 0.6) is 0 Å². The van der Waals surface area contributed by atoms with Gasteiger partial charge < -0.3 is 10.1 Å². The fourth-order valence-corrected chi connectivity index (χ4v) is 1.35. The molecule has 0 saturated heterocycles. The van der Waals surface area contributed by atoms with E-state index in [-0.39, 0.29) is 6.61 Å². The van der Waals surface area contributed by atoms with Crippen molar-refractivity contribution in [1.29, 1.82) is 0 Å². The van der Waals surface area contributed by atoms with Crippen LogP contribution in [0, 0.1) is 0 Å².